The number of aliphatic hydroxyl groups excluding tert-OH is 1. The van der Waals surface area contributed by atoms with Crippen molar-refractivity contribution >= 4 is 18.3 Å². The summed E-state index contributed by atoms with van der Waals surface area (Å²) < 4.78 is 1.65. The number of nitrogens with zero attached hydrogens (tertiary/aromatic N) is 1. The molecule has 2 aromatic rings. The van der Waals surface area contributed by atoms with Gasteiger partial charge in [-0.1, -0.05) is 30.3 Å². The molecule has 134 valence electrons. The zero-order valence-electron chi connectivity index (χ0n) is 13.7. The monoisotopic (exact) mass is 363 g/mol. The van der Waals surface area contributed by atoms with E-state index in [-0.39, 0.29) is 29.9 Å². The second-order valence-corrected chi connectivity index (χ2v) is 6.05. The number of pyridine rings is 1. The number of hydrogen-bond acceptors (Lipinski definition) is 4. The summed E-state index contributed by atoms with van der Waals surface area (Å²) in [6.07, 6.45) is 1.78. The molecule has 1 aliphatic heterocycles. The van der Waals surface area contributed by atoms with Crippen LogP contribution in [0, 0.1) is 0 Å². The molecule has 1 aromatic carbocycles. The van der Waals surface area contributed by atoms with Gasteiger partial charge in [-0.3, -0.25) is 9.59 Å². The van der Waals surface area contributed by atoms with Crippen molar-refractivity contribution in [3.63, 3.8) is 0 Å². The van der Waals surface area contributed by atoms with Crippen molar-refractivity contribution in [3.8, 4) is 0 Å². The van der Waals surface area contributed by atoms with Crippen molar-refractivity contribution in [2.75, 3.05) is 6.54 Å². The normalized spacial score (nSPS) is 19.2. The smallest absolute Gasteiger partial charge is 0.250 e. The van der Waals surface area contributed by atoms with Gasteiger partial charge in [-0.25, -0.2) is 0 Å². The molecule has 1 aliphatic rings. The van der Waals surface area contributed by atoms with Gasteiger partial charge in [0.1, 0.15) is 0 Å². The molecule has 1 amide bonds. The van der Waals surface area contributed by atoms with E-state index >= 15 is 0 Å². The number of aliphatic hydroxyl groups is 1. The third kappa shape index (κ3) is 5.16. The van der Waals surface area contributed by atoms with E-state index in [2.05, 4.69) is 10.6 Å². The first-order chi connectivity index (χ1) is 11.6. The molecular weight excluding hydrogens is 342 g/mol. The van der Waals surface area contributed by atoms with Crippen molar-refractivity contribution in [1.82, 2.24) is 15.2 Å². The van der Waals surface area contributed by atoms with E-state index in [0.717, 1.165) is 11.1 Å². The fraction of sp³-hybridized carbons (Fsp3) is 0.333. The quantitative estimate of drug-likeness (QED) is 0.728. The van der Waals surface area contributed by atoms with Crippen molar-refractivity contribution in [2.45, 2.75) is 31.7 Å². The lowest BCUT2D eigenvalue weighted by molar-refractivity contribution is -0.123. The second kappa shape index (κ2) is 8.80. The minimum Gasteiger partial charge on any atom is -0.392 e. The third-order valence-corrected chi connectivity index (χ3v) is 4.17. The first-order valence-electron chi connectivity index (χ1n) is 8.04. The second-order valence-electron chi connectivity index (χ2n) is 6.05. The molecular formula is C18H22ClN3O3. The first-order valence-corrected chi connectivity index (χ1v) is 8.04. The number of rotatable bonds is 5. The number of carbonyl (C=O) groups is 1. The highest BCUT2D eigenvalue weighted by molar-refractivity contribution is 5.85. The Labute approximate surface area is 152 Å². The maximum Gasteiger partial charge on any atom is 0.250 e. The van der Waals surface area contributed by atoms with E-state index in [1.165, 1.54) is 6.07 Å². The van der Waals surface area contributed by atoms with Gasteiger partial charge >= 0.3 is 0 Å². The van der Waals surface area contributed by atoms with Crippen molar-refractivity contribution in [1.29, 1.82) is 0 Å². The SMILES string of the molecule is Cl.O=C(NCc1ccc(Cn2ccccc2=O)cc1)C1CC(O)CN1. The van der Waals surface area contributed by atoms with Gasteiger partial charge in [0.2, 0.25) is 5.91 Å². The van der Waals surface area contributed by atoms with Crippen LogP contribution in [0.2, 0.25) is 0 Å². The molecule has 7 heteroatoms. The molecule has 2 heterocycles. The Morgan fingerprint density at radius 3 is 2.56 bits per heavy atom. The molecule has 3 rings (SSSR count). The highest BCUT2D eigenvalue weighted by Crippen LogP contribution is 2.08. The van der Waals surface area contributed by atoms with Crippen LogP contribution in [0.15, 0.2) is 53.5 Å². The molecule has 0 spiro atoms. The standard InChI is InChI=1S/C18H21N3O3.ClH/c22-15-9-16(19-11-15)18(24)20-10-13-4-6-14(7-5-13)12-21-8-2-1-3-17(21)23;/h1-8,15-16,19,22H,9-12H2,(H,20,24);1H. The lowest BCUT2D eigenvalue weighted by Gasteiger charge is -2.11. The van der Waals surface area contributed by atoms with Gasteiger partial charge in [-0.15, -0.1) is 12.4 Å². The van der Waals surface area contributed by atoms with E-state index < -0.39 is 6.10 Å². The highest BCUT2D eigenvalue weighted by Gasteiger charge is 2.27. The summed E-state index contributed by atoms with van der Waals surface area (Å²) in [5.41, 5.74) is 1.99. The largest absolute Gasteiger partial charge is 0.392 e. The van der Waals surface area contributed by atoms with Crippen molar-refractivity contribution in [2.24, 2.45) is 0 Å². The number of β-amino-alcohol motifs (C(OH)–C–C–N with tert-alkyl or cyclic N) is 1. The van der Waals surface area contributed by atoms with Crippen LogP contribution >= 0.6 is 12.4 Å². The average Bonchev–Trinajstić information content (AvgIpc) is 3.03. The molecule has 25 heavy (non-hydrogen) atoms. The fourth-order valence-electron chi connectivity index (χ4n) is 2.78. The Morgan fingerprint density at radius 1 is 1.20 bits per heavy atom. The summed E-state index contributed by atoms with van der Waals surface area (Å²) in [5.74, 6) is -0.0912. The topological polar surface area (TPSA) is 83.4 Å². The molecule has 0 aliphatic carbocycles. The Hall–Kier alpha value is -2.15. The van der Waals surface area contributed by atoms with Crippen LogP contribution in [-0.2, 0) is 17.9 Å². The van der Waals surface area contributed by atoms with Gasteiger partial charge in [-0.2, -0.15) is 0 Å². The summed E-state index contributed by atoms with van der Waals surface area (Å²) in [6.45, 7) is 1.43. The Bertz CT molecular complexity index is 761. The third-order valence-electron chi connectivity index (χ3n) is 4.17. The van der Waals surface area contributed by atoms with Crippen LogP contribution in [0.4, 0.5) is 0 Å². The van der Waals surface area contributed by atoms with Gasteiger partial charge in [0, 0.05) is 25.4 Å². The Kier molecular flexibility index (Phi) is 6.75. The molecule has 1 fully saturated rings. The molecule has 0 saturated carbocycles. The highest BCUT2D eigenvalue weighted by atomic mass is 35.5. The summed E-state index contributed by atoms with van der Waals surface area (Å²) in [6, 6.07) is 12.6. The molecule has 0 bridgehead atoms. The molecule has 2 unspecified atom stereocenters. The van der Waals surface area contributed by atoms with Gasteiger partial charge in [0.15, 0.2) is 0 Å². The molecule has 2 atom stereocenters. The first kappa shape index (κ1) is 19.2. The predicted molar refractivity (Wildman–Crippen MR) is 97.8 cm³/mol. The number of amides is 1. The summed E-state index contributed by atoms with van der Waals surface area (Å²) in [4.78, 5) is 23.7. The number of aromatic nitrogens is 1. The van der Waals surface area contributed by atoms with E-state index in [1.807, 2.05) is 30.3 Å². The van der Waals surface area contributed by atoms with Crippen molar-refractivity contribution < 1.29 is 9.90 Å². The van der Waals surface area contributed by atoms with Gasteiger partial charge in [0.25, 0.3) is 5.56 Å². The van der Waals surface area contributed by atoms with Crippen LogP contribution in [-0.4, -0.2) is 34.3 Å². The Morgan fingerprint density at radius 2 is 1.92 bits per heavy atom. The van der Waals surface area contributed by atoms with E-state index in [0.29, 0.717) is 26.1 Å². The lowest BCUT2D eigenvalue weighted by atomic mass is 10.1. The minimum absolute atomic E-state index is 0. The van der Waals surface area contributed by atoms with Crippen LogP contribution in [0.3, 0.4) is 0 Å². The number of halogens is 1. The van der Waals surface area contributed by atoms with Gasteiger partial charge in [-0.05, 0) is 23.6 Å². The molecule has 6 nitrogen and oxygen atoms in total. The maximum atomic E-state index is 12.0. The van der Waals surface area contributed by atoms with E-state index in [9.17, 15) is 14.7 Å². The summed E-state index contributed by atoms with van der Waals surface area (Å²) in [5, 5.41) is 15.3. The van der Waals surface area contributed by atoms with E-state index in [4.69, 9.17) is 0 Å². The predicted octanol–water partition coefficient (Wildman–Crippen LogP) is 0.657. The Balaban J connectivity index is 0.00000225. The molecule has 3 N–H and O–H groups in total. The number of carbonyl (C=O) groups excluding carboxylic acids is 1. The van der Waals surface area contributed by atoms with Crippen LogP contribution in [0.1, 0.15) is 17.5 Å². The fourth-order valence-corrected chi connectivity index (χ4v) is 2.78. The zero-order valence-corrected chi connectivity index (χ0v) is 14.5. The molecule has 1 aromatic heterocycles. The van der Waals surface area contributed by atoms with Crippen LogP contribution < -0.4 is 16.2 Å². The lowest BCUT2D eigenvalue weighted by Crippen LogP contribution is -2.39. The number of hydrogen-bond donors (Lipinski definition) is 3. The molecule has 0 radical (unpaired) electrons. The van der Waals surface area contributed by atoms with Crippen molar-refractivity contribution in [3.05, 3.63) is 70.1 Å². The van der Waals surface area contributed by atoms with Crippen LogP contribution in [0.5, 0.6) is 0 Å². The molecule has 1 saturated heterocycles. The average molecular weight is 364 g/mol. The van der Waals surface area contributed by atoms with Crippen LogP contribution in [0.25, 0.3) is 0 Å². The summed E-state index contributed by atoms with van der Waals surface area (Å²) in [7, 11) is 0. The zero-order chi connectivity index (χ0) is 16.9. The minimum atomic E-state index is -0.443. The van der Waals surface area contributed by atoms with Gasteiger partial charge < -0.3 is 20.3 Å². The van der Waals surface area contributed by atoms with Gasteiger partial charge in [0.05, 0.1) is 18.7 Å². The number of benzene rings is 1. The maximum absolute atomic E-state index is 12.0. The summed E-state index contributed by atoms with van der Waals surface area (Å²) >= 11 is 0. The van der Waals surface area contributed by atoms with E-state index in [1.54, 1.807) is 16.8 Å². The number of nitrogens with one attached hydrogen (secondary N) is 2.